The maximum absolute atomic E-state index is 5.30. The van der Waals surface area contributed by atoms with E-state index in [1.165, 1.54) is 18.4 Å². The Balaban J connectivity index is 1.42. The standard InChI is InChI=1S/C22H27N5O/c1-2-20-25-22(26-28-20)19-14-23-16-24-21(19)18-11-7-13-27(15-18)12-6-10-17-8-4-3-5-9-17/h3-5,8-9,14,16,18H,2,6-7,10-13,15H2,1H3. The minimum atomic E-state index is 0.382. The summed E-state index contributed by atoms with van der Waals surface area (Å²) in [5.41, 5.74) is 3.37. The molecule has 6 nitrogen and oxygen atoms in total. The second kappa shape index (κ2) is 9.06. The second-order valence-electron chi connectivity index (χ2n) is 7.42. The number of likely N-dealkylation sites (tertiary alicyclic amines) is 1. The molecule has 0 amide bonds. The van der Waals surface area contributed by atoms with E-state index in [0.717, 1.165) is 50.2 Å². The lowest BCUT2D eigenvalue weighted by atomic mass is 9.91. The van der Waals surface area contributed by atoms with Crippen LogP contribution in [-0.4, -0.2) is 44.6 Å². The van der Waals surface area contributed by atoms with Crippen molar-refractivity contribution in [2.24, 2.45) is 0 Å². The normalized spacial score (nSPS) is 17.7. The fourth-order valence-electron chi connectivity index (χ4n) is 3.98. The van der Waals surface area contributed by atoms with Crippen LogP contribution < -0.4 is 0 Å². The summed E-state index contributed by atoms with van der Waals surface area (Å²) in [4.78, 5) is 15.9. The molecular formula is C22H27N5O. The molecule has 1 aromatic carbocycles. The van der Waals surface area contributed by atoms with Gasteiger partial charge in [0, 0.05) is 25.1 Å². The van der Waals surface area contributed by atoms with Crippen LogP contribution in [0.5, 0.6) is 0 Å². The van der Waals surface area contributed by atoms with Crippen LogP contribution >= 0.6 is 0 Å². The van der Waals surface area contributed by atoms with Crippen molar-refractivity contribution in [1.29, 1.82) is 0 Å². The van der Waals surface area contributed by atoms with Gasteiger partial charge in [0.05, 0.1) is 11.3 Å². The highest BCUT2D eigenvalue weighted by Gasteiger charge is 2.26. The second-order valence-corrected chi connectivity index (χ2v) is 7.42. The van der Waals surface area contributed by atoms with Crippen LogP contribution in [0.1, 0.15) is 49.3 Å². The van der Waals surface area contributed by atoms with Gasteiger partial charge in [-0.2, -0.15) is 4.98 Å². The van der Waals surface area contributed by atoms with E-state index < -0.39 is 0 Å². The minimum Gasteiger partial charge on any atom is -0.339 e. The number of rotatable bonds is 7. The molecule has 1 unspecified atom stereocenters. The van der Waals surface area contributed by atoms with Crippen molar-refractivity contribution in [3.63, 3.8) is 0 Å². The first-order chi connectivity index (χ1) is 13.8. The van der Waals surface area contributed by atoms with E-state index in [1.54, 1.807) is 6.33 Å². The van der Waals surface area contributed by atoms with E-state index in [4.69, 9.17) is 4.52 Å². The molecule has 0 radical (unpaired) electrons. The molecule has 0 aliphatic carbocycles. The van der Waals surface area contributed by atoms with Crippen LogP contribution in [0.15, 0.2) is 47.4 Å². The van der Waals surface area contributed by atoms with Gasteiger partial charge in [0.15, 0.2) is 0 Å². The van der Waals surface area contributed by atoms with E-state index in [2.05, 4.69) is 55.3 Å². The summed E-state index contributed by atoms with van der Waals surface area (Å²) in [6.45, 7) is 5.31. The van der Waals surface area contributed by atoms with Crippen molar-refractivity contribution in [2.45, 2.75) is 44.9 Å². The van der Waals surface area contributed by atoms with E-state index in [-0.39, 0.29) is 0 Å². The third kappa shape index (κ3) is 4.44. The first-order valence-electron chi connectivity index (χ1n) is 10.2. The molecule has 28 heavy (non-hydrogen) atoms. The van der Waals surface area contributed by atoms with Crippen LogP contribution in [0.2, 0.25) is 0 Å². The Morgan fingerprint density at radius 3 is 2.93 bits per heavy atom. The lowest BCUT2D eigenvalue weighted by Crippen LogP contribution is -2.35. The number of benzene rings is 1. The summed E-state index contributed by atoms with van der Waals surface area (Å²) >= 11 is 0. The molecule has 1 saturated heterocycles. The van der Waals surface area contributed by atoms with Gasteiger partial charge in [0.2, 0.25) is 11.7 Å². The summed E-state index contributed by atoms with van der Waals surface area (Å²) in [7, 11) is 0. The van der Waals surface area contributed by atoms with Crippen LogP contribution in [0, 0.1) is 0 Å². The number of piperidine rings is 1. The molecule has 2 aromatic heterocycles. The van der Waals surface area contributed by atoms with Gasteiger partial charge in [0.1, 0.15) is 6.33 Å². The summed E-state index contributed by atoms with van der Waals surface area (Å²) in [6.07, 6.45) is 8.81. The quantitative estimate of drug-likeness (QED) is 0.622. The predicted octanol–water partition coefficient (Wildman–Crippen LogP) is 3.90. The number of hydrogen-bond donors (Lipinski definition) is 0. The number of aryl methyl sites for hydroxylation is 2. The zero-order valence-electron chi connectivity index (χ0n) is 16.4. The van der Waals surface area contributed by atoms with Crippen molar-refractivity contribution in [1.82, 2.24) is 25.0 Å². The van der Waals surface area contributed by atoms with Gasteiger partial charge >= 0.3 is 0 Å². The Bertz CT molecular complexity index is 879. The maximum atomic E-state index is 5.30. The third-order valence-corrected chi connectivity index (χ3v) is 5.43. The summed E-state index contributed by atoms with van der Waals surface area (Å²) in [5.74, 6) is 1.64. The Hall–Kier alpha value is -2.60. The summed E-state index contributed by atoms with van der Waals surface area (Å²) in [6, 6.07) is 10.7. The van der Waals surface area contributed by atoms with Gasteiger partial charge in [-0.3, -0.25) is 0 Å². The highest BCUT2D eigenvalue weighted by Crippen LogP contribution is 2.31. The van der Waals surface area contributed by atoms with Crippen molar-refractivity contribution >= 4 is 0 Å². The molecule has 146 valence electrons. The average molecular weight is 377 g/mol. The lowest BCUT2D eigenvalue weighted by molar-refractivity contribution is 0.204. The molecular weight excluding hydrogens is 350 g/mol. The molecule has 1 fully saturated rings. The molecule has 4 rings (SSSR count). The Morgan fingerprint density at radius 1 is 1.21 bits per heavy atom. The summed E-state index contributed by atoms with van der Waals surface area (Å²) < 4.78 is 5.30. The maximum Gasteiger partial charge on any atom is 0.226 e. The van der Waals surface area contributed by atoms with Crippen molar-refractivity contribution < 1.29 is 4.52 Å². The average Bonchev–Trinajstić information content (AvgIpc) is 3.24. The highest BCUT2D eigenvalue weighted by atomic mass is 16.5. The van der Waals surface area contributed by atoms with Gasteiger partial charge in [-0.25, -0.2) is 9.97 Å². The van der Waals surface area contributed by atoms with Gasteiger partial charge < -0.3 is 9.42 Å². The first kappa shape index (κ1) is 18.7. The molecule has 1 aliphatic rings. The molecule has 3 heterocycles. The van der Waals surface area contributed by atoms with Crippen LogP contribution in [0.25, 0.3) is 11.4 Å². The molecule has 6 heteroatoms. The Labute approximate surface area is 166 Å². The molecule has 0 bridgehead atoms. The Kier molecular flexibility index (Phi) is 6.07. The van der Waals surface area contributed by atoms with Crippen molar-refractivity contribution in [3.8, 4) is 11.4 Å². The van der Waals surface area contributed by atoms with Gasteiger partial charge in [-0.05, 0) is 44.3 Å². The fraction of sp³-hybridized carbons (Fsp3) is 0.455. The molecule has 3 aromatic rings. The van der Waals surface area contributed by atoms with E-state index in [1.807, 2.05) is 13.1 Å². The number of hydrogen-bond acceptors (Lipinski definition) is 6. The molecule has 1 atom stereocenters. The zero-order chi connectivity index (χ0) is 19.2. The SMILES string of the molecule is CCc1nc(-c2cncnc2C2CCCN(CCCc3ccccc3)C2)no1. The number of aromatic nitrogens is 4. The monoisotopic (exact) mass is 377 g/mol. The number of nitrogens with zero attached hydrogens (tertiary/aromatic N) is 5. The van der Waals surface area contributed by atoms with Gasteiger partial charge in [-0.15, -0.1) is 0 Å². The van der Waals surface area contributed by atoms with Crippen LogP contribution in [0.3, 0.4) is 0 Å². The minimum absolute atomic E-state index is 0.382. The Morgan fingerprint density at radius 2 is 2.11 bits per heavy atom. The van der Waals surface area contributed by atoms with E-state index in [9.17, 15) is 0 Å². The molecule has 0 saturated carbocycles. The van der Waals surface area contributed by atoms with E-state index >= 15 is 0 Å². The molecule has 0 N–H and O–H groups in total. The van der Waals surface area contributed by atoms with Gasteiger partial charge in [0.25, 0.3) is 0 Å². The van der Waals surface area contributed by atoms with E-state index in [0.29, 0.717) is 17.6 Å². The summed E-state index contributed by atoms with van der Waals surface area (Å²) in [5, 5.41) is 4.14. The molecule has 1 aliphatic heterocycles. The largest absolute Gasteiger partial charge is 0.339 e. The van der Waals surface area contributed by atoms with Crippen molar-refractivity contribution in [2.75, 3.05) is 19.6 Å². The zero-order valence-corrected chi connectivity index (χ0v) is 16.4. The smallest absolute Gasteiger partial charge is 0.226 e. The van der Waals surface area contributed by atoms with Crippen LogP contribution in [0.4, 0.5) is 0 Å². The third-order valence-electron chi connectivity index (χ3n) is 5.43. The predicted molar refractivity (Wildman–Crippen MR) is 108 cm³/mol. The highest BCUT2D eigenvalue weighted by molar-refractivity contribution is 5.57. The van der Waals surface area contributed by atoms with Gasteiger partial charge in [-0.1, -0.05) is 42.4 Å². The first-order valence-corrected chi connectivity index (χ1v) is 10.2. The topological polar surface area (TPSA) is 67.9 Å². The van der Waals surface area contributed by atoms with Crippen molar-refractivity contribution in [3.05, 3.63) is 60.0 Å². The van der Waals surface area contributed by atoms with Crippen LogP contribution in [-0.2, 0) is 12.8 Å². The fourth-order valence-corrected chi connectivity index (χ4v) is 3.98. The lowest BCUT2D eigenvalue weighted by Gasteiger charge is -2.32. The molecule has 0 spiro atoms.